The number of anilines is 3. The first kappa shape index (κ1) is 20.7. The molecule has 5 rings (SSSR count). The van der Waals surface area contributed by atoms with Crippen molar-refractivity contribution in [2.24, 2.45) is 0 Å². The number of β-amino-alcohol motifs (C(OH)–C–C–N with tert-alkyl or cyclic N) is 1. The highest BCUT2D eigenvalue weighted by atomic mass is 16.3. The number of para-hydroxylation sites is 1. The van der Waals surface area contributed by atoms with Gasteiger partial charge in [0.25, 0.3) is 0 Å². The molecule has 8 heteroatoms. The second-order valence-corrected chi connectivity index (χ2v) is 8.18. The number of aromatic nitrogens is 4. The Morgan fingerprint density at radius 2 is 1.72 bits per heavy atom. The molecule has 0 radical (unpaired) electrons. The fraction of sp³-hybridized carbons (Fsp3) is 0.375. The number of fused-ring (bicyclic) bond motifs is 3. The number of benzene rings is 2. The Morgan fingerprint density at radius 1 is 0.938 bits per heavy atom. The van der Waals surface area contributed by atoms with E-state index in [-0.39, 0.29) is 6.61 Å². The molecule has 1 aliphatic heterocycles. The zero-order valence-corrected chi connectivity index (χ0v) is 18.6. The summed E-state index contributed by atoms with van der Waals surface area (Å²) in [5, 5.41) is 15.0. The molecule has 0 aliphatic carbocycles. The van der Waals surface area contributed by atoms with Crippen LogP contribution in [0.5, 0.6) is 0 Å². The van der Waals surface area contributed by atoms with Crippen LogP contribution in [0.15, 0.2) is 42.5 Å². The minimum atomic E-state index is 0.195. The zero-order chi connectivity index (χ0) is 22.1. The highest BCUT2D eigenvalue weighted by Crippen LogP contribution is 2.31. The number of aryl methyl sites for hydroxylation is 2. The summed E-state index contributed by atoms with van der Waals surface area (Å²) >= 11 is 0. The highest BCUT2D eigenvalue weighted by Gasteiger charge is 2.20. The van der Waals surface area contributed by atoms with Crippen molar-refractivity contribution in [3.8, 4) is 0 Å². The van der Waals surface area contributed by atoms with Crippen LogP contribution in [0, 0.1) is 6.92 Å². The Hall–Kier alpha value is -3.23. The van der Waals surface area contributed by atoms with Gasteiger partial charge in [0.1, 0.15) is 5.82 Å². The van der Waals surface area contributed by atoms with Crippen molar-refractivity contribution in [3.63, 3.8) is 0 Å². The average Bonchev–Trinajstić information content (AvgIpc) is 3.12. The summed E-state index contributed by atoms with van der Waals surface area (Å²) in [6.45, 7) is 9.38. The summed E-state index contributed by atoms with van der Waals surface area (Å²) in [6.07, 6.45) is 0. The Kier molecular flexibility index (Phi) is 5.63. The van der Waals surface area contributed by atoms with E-state index in [0.29, 0.717) is 24.3 Å². The monoisotopic (exact) mass is 431 g/mol. The molecule has 3 heterocycles. The van der Waals surface area contributed by atoms with E-state index in [1.165, 1.54) is 21.8 Å². The molecular formula is C24H29N7O. The standard InChI is InChI=1S/C24H29N7O/c1-3-31-21-7-5-4-6-19(21)20-16-18(8-9-22(20)31)27-23-25-17(2)26-24(28-23)30-12-10-29(11-13-30)14-15-32/h4-9,16,32H,3,10-15H2,1-2H3,(H,25,26,27,28). The maximum absolute atomic E-state index is 9.16. The van der Waals surface area contributed by atoms with Crippen LogP contribution in [0.25, 0.3) is 21.8 Å². The average molecular weight is 432 g/mol. The number of piperazine rings is 1. The van der Waals surface area contributed by atoms with E-state index in [4.69, 9.17) is 10.1 Å². The van der Waals surface area contributed by atoms with E-state index in [1.54, 1.807) is 0 Å². The number of nitrogens with one attached hydrogen (secondary N) is 1. The van der Waals surface area contributed by atoms with Crippen LogP contribution in [0.2, 0.25) is 0 Å². The minimum absolute atomic E-state index is 0.195. The van der Waals surface area contributed by atoms with Gasteiger partial charge in [-0.3, -0.25) is 4.90 Å². The van der Waals surface area contributed by atoms with Crippen LogP contribution in [0.1, 0.15) is 12.7 Å². The van der Waals surface area contributed by atoms with Crippen LogP contribution in [-0.2, 0) is 6.54 Å². The molecule has 32 heavy (non-hydrogen) atoms. The fourth-order valence-electron chi connectivity index (χ4n) is 4.58. The van der Waals surface area contributed by atoms with Crippen molar-refractivity contribution < 1.29 is 5.11 Å². The second-order valence-electron chi connectivity index (χ2n) is 8.18. The molecule has 2 aromatic heterocycles. The molecule has 1 fully saturated rings. The lowest BCUT2D eigenvalue weighted by atomic mass is 10.1. The van der Waals surface area contributed by atoms with Gasteiger partial charge in [0.15, 0.2) is 0 Å². The van der Waals surface area contributed by atoms with E-state index >= 15 is 0 Å². The SMILES string of the molecule is CCn1c2ccccc2c2cc(Nc3nc(C)nc(N4CCN(CCO)CC4)n3)ccc21. The topological polar surface area (TPSA) is 82.3 Å². The summed E-state index contributed by atoms with van der Waals surface area (Å²) in [6, 6.07) is 14.9. The summed E-state index contributed by atoms with van der Waals surface area (Å²) in [5.74, 6) is 1.95. The maximum atomic E-state index is 9.16. The largest absolute Gasteiger partial charge is 0.395 e. The second kappa shape index (κ2) is 8.72. The molecule has 0 amide bonds. The third-order valence-electron chi connectivity index (χ3n) is 6.15. The first-order valence-corrected chi connectivity index (χ1v) is 11.2. The molecular weight excluding hydrogens is 402 g/mol. The van der Waals surface area contributed by atoms with E-state index in [0.717, 1.165) is 38.4 Å². The lowest BCUT2D eigenvalue weighted by molar-refractivity contribution is 0.188. The van der Waals surface area contributed by atoms with E-state index < -0.39 is 0 Å². The van der Waals surface area contributed by atoms with Crippen molar-refractivity contribution in [1.29, 1.82) is 0 Å². The molecule has 0 spiro atoms. The molecule has 4 aromatic rings. The molecule has 0 atom stereocenters. The third kappa shape index (κ3) is 3.87. The molecule has 0 saturated carbocycles. The van der Waals surface area contributed by atoms with Crippen LogP contribution in [0.3, 0.4) is 0 Å². The van der Waals surface area contributed by atoms with Gasteiger partial charge in [0.2, 0.25) is 11.9 Å². The molecule has 1 saturated heterocycles. The van der Waals surface area contributed by atoms with Crippen molar-refractivity contribution in [2.45, 2.75) is 20.4 Å². The molecule has 0 unspecified atom stereocenters. The molecule has 2 aromatic carbocycles. The number of rotatable bonds is 6. The summed E-state index contributed by atoms with van der Waals surface area (Å²) in [5.41, 5.74) is 3.44. The van der Waals surface area contributed by atoms with Gasteiger partial charge in [0.05, 0.1) is 6.61 Å². The molecule has 2 N–H and O–H groups in total. The summed E-state index contributed by atoms with van der Waals surface area (Å²) < 4.78 is 2.34. The predicted molar refractivity (Wildman–Crippen MR) is 129 cm³/mol. The van der Waals surface area contributed by atoms with Crippen LogP contribution >= 0.6 is 0 Å². The van der Waals surface area contributed by atoms with Gasteiger partial charge in [-0.2, -0.15) is 15.0 Å². The zero-order valence-electron chi connectivity index (χ0n) is 18.6. The van der Waals surface area contributed by atoms with Gasteiger partial charge in [-0.05, 0) is 38.1 Å². The van der Waals surface area contributed by atoms with E-state index in [9.17, 15) is 0 Å². The van der Waals surface area contributed by atoms with Gasteiger partial charge < -0.3 is 19.9 Å². The first-order valence-electron chi connectivity index (χ1n) is 11.2. The lowest BCUT2D eigenvalue weighted by Gasteiger charge is -2.34. The summed E-state index contributed by atoms with van der Waals surface area (Å²) in [4.78, 5) is 18.2. The summed E-state index contributed by atoms with van der Waals surface area (Å²) in [7, 11) is 0. The third-order valence-corrected chi connectivity index (χ3v) is 6.15. The van der Waals surface area contributed by atoms with Crippen LogP contribution < -0.4 is 10.2 Å². The number of hydrogen-bond acceptors (Lipinski definition) is 7. The van der Waals surface area contributed by atoms with Crippen LogP contribution in [-0.4, -0.2) is 68.9 Å². The van der Waals surface area contributed by atoms with Gasteiger partial charge in [0, 0.05) is 66.8 Å². The van der Waals surface area contributed by atoms with Gasteiger partial charge >= 0.3 is 0 Å². The first-order chi connectivity index (χ1) is 15.7. The van der Waals surface area contributed by atoms with Crippen molar-refractivity contribution in [1.82, 2.24) is 24.4 Å². The predicted octanol–water partition coefficient (Wildman–Crippen LogP) is 3.17. The molecule has 166 valence electrons. The van der Waals surface area contributed by atoms with Crippen molar-refractivity contribution >= 4 is 39.4 Å². The molecule has 0 bridgehead atoms. The molecule has 1 aliphatic rings. The highest BCUT2D eigenvalue weighted by molar-refractivity contribution is 6.09. The van der Waals surface area contributed by atoms with Crippen molar-refractivity contribution in [2.75, 3.05) is 49.5 Å². The molecule has 8 nitrogen and oxygen atoms in total. The van der Waals surface area contributed by atoms with Crippen LogP contribution in [0.4, 0.5) is 17.6 Å². The fourth-order valence-corrected chi connectivity index (χ4v) is 4.58. The Bertz CT molecular complexity index is 1240. The number of nitrogens with zero attached hydrogens (tertiary/aromatic N) is 6. The number of aliphatic hydroxyl groups is 1. The van der Waals surface area contributed by atoms with Crippen molar-refractivity contribution in [3.05, 3.63) is 48.3 Å². The number of hydrogen-bond donors (Lipinski definition) is 2. The maximum Gasteiger partial charge on any atom is 0.232 e. The number of aliphatic hydroxyl groups excluding tert-OH is 1. The lowest BCUT2D eigenvalue weighted by Crippen LogP contribution is -2.47. The Morgan fingerprint density at radius 3 is 2.50 bits per heavy atom. The van der Waals surface area contributed by atoms with Gasteiger partial charge in [-0.15, -0.1) is 0 Å². The van der Waals surface area contributed by atoms with Gasteiger partial charge in [-0.25, -0.2) is 0 Å². The quantitative estimate of drug-likeness (QED) is 0.485. The van der Waals surface area contributed by atoms with Gasteiger partial charge in [-0.1, -0.05) is 18.2 Å². The minimum Gasteiger partial charge on any atom is -0.395 e. The normalized spacial score (nSPS) is 15.0. The Balaban J connectivity index is 1.42. The smallest absolute Gasteiger partial charge is 0.232 e. The Labute approximate surface area is 187 Å². The van der Waals surface area contributed by atoms with E-state index in [2.05, 4.69) is 79.0 Å². The van der Waals surface area contributed by atoms with E-state index in [1.807, 2.05) is 6.92 Å².